The van der Waals surface area contributed by atoms with Crippen LogP contribution >= 0.6 is 0 Å². The Morgan fingerprint density at radius 3 is 2.41 bits per heavy atom. The highest BCUT2D eigenvalue weighted by atomic mass is 16.5. The highest BCUT2D eigenvalue weighted by Crippen LogP contribution is 2.20. The van der Waals surface area contributed by atoms with Crippen molar-refractivity contribution in [3.63, 3.8) is 0 Å². The first kappa shape index (κ1) is 14.9. The molecule has 0 saturated heterocycles. The predicted molar refractivity (Wildman–Crippen MR) is 71.3 cm³/mol. The van der Waals surface area contributed by atoms with Crippen LogP contribution < -0.4 is 5.32 Å². The van der Waals surface area contributed by atoms with E-state index in [0.29, 0.717) is 12.0 Å². The number of rotatable bonds is 8. The molecule has 0 amide bonds. The van der Waals surface area contributed by atoms with Crippen LogP contribution in [0.4, 0.5) is 0 Å². The lowest BCUT2D eigenvalue weighted by atomic mass is 9.93. The van der Waals surface area contributed by atoms with Crippen LogP contribution in [0.5, 0.6) is 0 Å². The second-order valence-corrected chi connectivity index (χ2v) is 5.37. The molecule has 1 aliphatic carbocycles. The number of hydrogen-bond donors (Lipinski definition) is 1. The Hall–Kier alpha value is -0.120. The molecule has 0 aromatic carbocycles. The maximum atomic E-state index is 5.84. The summed E-state index contributed by atoms with van der Waals surface area (Å²) in [6, 6.07) is 0.719. The van der Waals surface area contributed by atoms with Gasteiger partial charge < -0.3 is 14.8 Å². The molecule has 1 N–H and O–H groups in total. The third kappa shape index (κ3) is 7.02. The third-order valence-corrected chi connectivity index (χ3v) is 3.20. The van der Waals surface area contributed by atoms with Gasteiger partial charge in [0.05, 0.1) is 19.3 Å². The van der Waals surface area contributed by atoms with Crippen LogP contribution in [0.15, 0.2) is 0 Å². The van der Waals surface area contributed by atoms with Gasteiger partial charge in [-0.15, -0.1) is 0 Å². The fourth-order valence-electron chi connectivity index (χ4n) is 2.32. The summed E-state index contributed by atoms with van der Waals surface area (Å²) >= 11 is 0. The molecule has 1 aliphatic rings. The Balaban J connectivity index is 1.95. The van der Waals surface area contributed by atoms with Gasteiger partial charge in [-0.3, -0.25) is 0 Å². The molecule has 0 bridgehead atoms. The monoisotopic (exact) mass is 243 g/mol. The minimum Gasteiger partial charge on any atom is -0.379 e. The molecule has 0 atom stereocenters. The average Bonchev–Trinajstić information content (AvgIpc) is 2.31. The van der Waals surface area contributed by atoms with E-state index in [-0.39, 0.29) is 0 Å². The quantitative estimate of drug-likeness (QED) is 0.665. The zero-order valence-corrected chi connectivity index (χ0v) is 11.7. The molecule has 3 heteroatoms. The standard InChI is InChI=1S/C14H29NO2/c1-4-15-13-5-7-14(8-6-13)17-10-9-16-11-12(2)3/h12-15H,4-11H2,1-3H3. The van der Waals surface area contributed by atoms with Crippen LogP contribution in [-0.4, -0.2) is 38.5 Å². The lowest BCUT2D eigenvalue weighted by Gasteiger charge is -2.29. The van der Waals surface area contributed by atoms with Crippen molar-refractivity contribution in [3.8, 4) is 0 Å². The molecular formula is C14H29NO2. The van der Waals surface area contributed by atoms with E-state index in [2.05, 4.69) is 26.1 Å². The highest BCUT2D eigenvalue weighted by molar-refractivity contribution is 4.76. The molecule has 102 valence electrons. The summed E-state index contributed by atoms with van der Waals surface area (Å²) in [5.74, 6) is 0.616. The van der Waals surface area contributed by atoms with E-state index in [0.717, 1.165) is 32.4 Å². The lowest BCUT2D eigenvalue weighted by molar-refractivity contribution is -0.0174. The van der Waals surface area contributed by atoms with Crippen molar-refractivity contribution in [3.05, 3.63) is 0 Å². The zero-order chi connectivity index (χ0) is 12.5. The van der Waals surface area contributed by atoms with Crippen molar-refractivity contribution in [2.24, 2.45) is 5.92 Å². The van der Waals surface area contributed by atoms with Crippen LogP contribution in [0.2, 0.25) is 0 Å². The Labute approximate surface area is 106 Å². The smallest absolute Gasteiger partial charge is 0.0704 e. The van der Waals surface area contributed by atoms with Crippen molar-refractivity contribution in [2.75, 3.05) is 26.4 Å². The first-order chi connectivity index (χ1) is 8.22. The molecule has 1 saturated carbocycles. The normalized spacial score (nSPS) is 25.4. The van der Waals surface area contributed by atoms with Crippen molar-refractivity contribution >= 4 is 0 Å². The molecule has 1 fully saturated rings. The molecule has 1 rings (SSSR count). The Morgan fingerprint density at radius 2 is 1.82 bits per heavy atom. The summed E-state index contributed by atoms with van der Waals surface area (Å²) in [6.45, 7) is 9.94. The molecule has 17 heavy (non-hydrogen) atoms. The van der Waals surface area contributed by atoms with E-state index in [9.17, 15) is 0 Å². The summed E-state index contributed by atoms with van der Waals surface area (Å²) in [4.78, 5) is 0. The van der Waals surface area contributed by atoms with E-state index >= 15 is 0 Å². The Bertz CT molecular complexity index is 177. The average molecular weight is 243 g/mol. The fraction of sp³-hybridized carbons (Fsp3) is 1.00. The van der Waals surface area contributed by atoms with E-state index in [1.165, 1.54) is 25.7 Å². The topological polar surface area (TPSA) is 30.5 Å². The summed E-state index contributed by atoms with van der Waals surface area (Å²) in [5, 5.41) is 3.51. The lowest BCUT2D eigenvalue weighted by Crippen LogP contribution is -2.35. The van der Waals surface area contributed by atoms with E-state index < -0.39 is 0 Å². The van der Waals surface area contributed by atoms with Crippen molar-refractivity contribution in [2.45, 2.75) is 58.6 Å². The third-order valence-electron chi connectivity index (χ3n) is 3.20. The summed E-state index contributed by atoms with van der Waals surface area (Å²) in [7, 11) is 0. The SMILES string of the molecule is CCNC1CCC(OCCOCC(C)C)CC1. The van der Waals surface area contributed by atoms with E-state index in [1.54, 1.807) is 0 Å². The van der Waals surface area contributed by atoms with E-state index in [4.69, 9.17) is 9.47 Å². The van der Waals surface area contributed by atoms with Gasteiger partial charge in [0.1, 0.15) is 0 Å². The van der Waals surface area contributed by atoms with Gasteiger partial charge in [-0.1, -0.05) is 20.8 Å². The molecular weight excluding hydrogens is 214 g/mol. The molecule has 3 nitrogen and oxygen atoms in total. The van der Waals surface area contributed by atoms with Crippen molar-refractivity contribution < 1.29 is 9.47 Å². The van der Waals surface area contributed by atoms with Gasteiger partial charge >= 0.3 is 0 Å². The van der Waals surface area contributed by atoms with Gasteiger partial charge in [-0.25, -0.2) is 0 Å². The minimum atomic E-state index is 0.465. The first-order valence-electron chi connectivity index (χ1n) is 7.15. The second kappa shape index (κ2) is 8.90. The summed E-state index contributed by atoms with van der Waals surface area (Å²) < 4.78 is 11.3. The predicted octanol–water partition coefficient (Wildman–Crippen LogP) is 2.60. The van der Waals surface area contributed by atoms with Gasteiger partial charge in [0.2, 0.25) is 0 Å². The van der Waals surface area contributed by atoms with Crippen LogP contribution in [0, 0.1) is 5.92 Å². The Kier molecular flexibility index (Phi) is 7.82. The van der Waals surface area contributed by atoms with Gasteiger partial charge in [-0.2, -0.15) is 0 Å². The maximum absolute atomic E-state index is 5.84. The fourth-order valence-corrected chi connectivity index (χ4v) is 2.32. The molecule has 0 heterocycles. The van der Waals surface area contributed by atoms with Gasteiger partial charge in [0, 0.05) is 12.6 Å². The Morgan fingerprint density at radius 1 is 1.12 bits per heavy atom. The van der Waals surface area contributed by atoms with Crippen LogP contribution in [-0.2, 0) is 9.47 Å². The number of ether oxygens (including phenoxy) is 2. The minimum absolute atomic E-state index is 0.465. The highest BCUT2D eigenvalue weighted by Gasteiger charge is 2.20. The second-order valence-electron chi connectivity index (χ2n) is 5.37. The van der Waals surface area contributed by atoms with Crippen LogP contribution in [0.3, 0.4) is 0 Å². The van der Waals surface area contributed by atoms with Crippen molar-refractivity contribution in [1.82, 2.24) is 5.32 Å². The first-order valence-corrected chi connectivity index (χ1v) is 7.15. The van der Waals surface area contributed by atoms with Crippen LogP contribution in [0.25, 0.3) is 0 Å². The van der Waals surface area contributed by atoms with Gasteiger partial charge in [0.25, 0.3) is 0 Å². The molecule has 0 unspecified atom stereocenters. The van der Waals surface area contributed by atoms with Gasteiger partial charge in [0.15, 0.2) is 0 Å². The molecule has 0 radical (unpaired) electrons. The molecule has 0 aromatic heterocycles. The number of hydrogen-bond acceptors (Lipinski definition) is 3. The van der Waals surface area contributed by atoms with Gasteiger partial charge in [-0.05, 0) is 38.1 Å². The molecule has 0 spiro atoms. The summed E-state index contributed by atoms with van der Waals surface area (Å²) in [5.41, 5.74) is 0. The maximum Gasteiger partial charge on any atom is 0.0704 e. The zero-order valence-electron chi connectivity index (χ0n) is 11.7. The molecule has 0 aromatic rings. The van der Waals surface area contributed by atoms with Crippen LogP contribution in [0.1, 0.15) is 46.5 Å². The largest absolute Gasteiger partial charge is 0.379 e. The van der Waals surface area contributed by atoms with E-state index in [1.807, 2.05) is 0 Å². The van der Waals surface area contributed by atoms with Crippen molar-refractivity contribution in [1.29, 1.82) is 0 Å². The summed E-state index contributed by atoms with van der Waals surface area (Å²) in [6.07, 6.45) is 5.37. The number of nitrogens with one attached hydrogen (secondary N) is 1. The molecule has 0 aliphatic heterocycles.